The number of ether oxygens (including phenoxy) is 1. The van der Waals surface area contributed by atoms with Crippen LogP contribution in [-0.4, -0.2) is 44.6 Å². The Kier molecular flexibility index (Phi) is 3.98. The molecule has 0 radical (unpaired) electrons. The van der Waals surface area contributed by atoms with Gasteiger partial charge in [0.2, 0.25) is 0 Å². The van der Waals surface area contributed by atoms with Gasteiger partial charge < -0.3 is 9.84 Å². The lowest BCUT2D eigenvalue weighted by Gasteiger charge is -2.33. The molecule has 2 rings (SSSR count). The maximum absolute atomic E-state index is 10.3. The van der Waals surface area contributed by atoms with Crippen LogP contribution in [0.4, 0.5) is 0 Å². The Morgan fingerprint density at radius 2 is 2.29 bits per heavy atom. The third kappa shape index (κ3) is 3.23. The van der Waals surface area contributed by atoms with Crippen molar-refractivity contribution in [3.8, 4) is 0 Å². The first-order valence-corrected chi connectivity index (χ1v) is 7.97. The highest BCUT2D eigenvalue weighted by atomic mass is 32.2. The molecule has 0 bridgehead atoms. The lowest BCUT2D eigenvalue weighted by molar-refractivity contribution is 0.225. The molecular formula is C9H16O2S3. The molecule has 0 aromatic heterocycles. The number of epoxide rings is 1. The Balaban J connectivity index is 1.73. The second-order valence-corrected chi connectivity index (χ2v) is 7.82. The van der Waals surface area contributed by atoms with Crippen LogP contribution in [-0.2, 0) is 4.74 Å². The van der Waals surface area contributed by atoms with Gasteiger partial charge in [-0.25, -0.2) is 0 Å². The van der Waals surface area contributed by atoms with Gasteiger partial charge in [0.15, 0.2) is 4.27 Å². The van der Waals surface area contributed by atoms with Gasteiger partial charge in [-0.1, -0.05) is 6.92 Å². The molecule has 0 amide bonds. The summed E-state index contributed by atoms with van der Waals surface area (Å²) in [6.07, 6.45) is 1.23. The van der Waals surface area contributed by atoms with E-state index in [1.165, 1.54) is 11.5 Å². The fraction of sp³-hybridized carbons (Fsp3) is 1.00. The van der Waals surface area contributed by atoms with E-state index in [1.807, 2.05) is 11.8 Å². The van der Waals surface area contributed by atoms with Gasteiger partial charge in [0.1, 0.15) is 0 Å². The zero-order valence-electron chi connectivity index (χ0n) is 8.27. The smallest absolute Gasteiger partial charge is 0.157 e. The minimum atomic E-state index is -0.572. The molecule has 0 aromatic carbocycles. The van der Waals surface area contributed by atoms with Crippen LogP contribution in [0.3, 0.4) is 0 Å². The maximum Gasteiger partial charge on any atom is 0.157 e. The molecule has 0 saturated carbocycles. The zero-order valence-corrected chi connectivity index (χ0v) is 10.7. The SMILES string of the molecule is CCC(O)(SCC1CO1)SC1CSC1. The molecule has 14 heavy (non-hydrogen) atoms. The van der Waals surface area contributed by atoms with E-state index in [1.54, 1.807) is 23.5 Å². The Morgan fingerprint density at radius 1 is 1.57 bits per heavy atom. The molecule has 2 atom stereocenters. The maximum atomic E-state index is 10.3. The van der Waals surface area contributed by atoms with Crippen molar-refractivity contribution in [2.75, 3.05) is 23.9 Å². The quantitative estimate of drug-likeness (QED) is 0.578. The van der Waals surface area contributed by atoms with Crippen molar-refractivity contribution in [3.05, 3.63) is 0 Å². The number of hydrogen-bond donors (Lipinski definition) is 1. The Morgan fingerprint density at radius 3 is 2.71 bits per heavy atom. The van der Waals surface area contributed by atoms with E-state index in [0.29, 0.717) is 11.4 Å². The molecule has 2 fully saturated rings. The third-order valence-corrected chi connectivity index (χ3v) is 7.24. The highest BCUT2D eigenvalue weighted by Crippen LogP contribution is 2.45. The van der Waals surface area contributed by atoms with Gasteiger partial charge in [-0.3, -0.25) is 0 Å². The average molecular weight is 252 g/mol. The normalized spacial score (nSPS) is 30.9. The molecule has 0 spiro atoms. The summed E-state index contributed by atoms with van der Waals surface area (Å²) >= 11 is 5.37. The van der Waals surface area contributed by atoms with Crippen molar-refractivity contribution in [2.45, 2.75) is 29.0 Å². The van der Waals surface area contributed by atoms with Crippen LogP contribution in [0.2, 0.25) is 0 Å². The Bertz CT molecular complexity index is 194. The first-order valence-electron chi connectivity index (χ1n) is 4.95. The molecule has 0 aromatic rings. The average Bonchev–Trinajstić information content (AvgIpc) is 2.92. The van der Waals surface area contributed by atoms with E-state index < -0.39 is 4.27 Å². The molecule has 2 heterocycles. The van der Waals surface area contributed by atoms with Crippen LogP contribution in [0.25, 0.3) is 0 Å². The molecule has 2 unspecified atom stereocenters. The monoisotopic (exact) mass is 252 g/mol. The van der Waals surface area contributed by atoms with E-state index in [9.17, 15) is 5.11 Å². The number of rotatable bonds is 6. The zero-order chi connectivity index (χ0) is 10.0. The largest absolute Gasteiger partial charge is 0.372 e. The molecule has 2 aliphatic rings. The Labute approximate surface area is 97.9 Å². The number of thioether (sulfide) groups is 3. The fourth-order valence-corrected chi connectivity index (χ4v) is 5.11. The molecule has 2 saturated heterocycles. The van der Waals surface area contributed by atoms with Crippen molar-refractivity contribution in [1.29, 1.82) is 0 Å². The van der Waals surface area contributed by atoms with E-state index in [2.05, 4.69) is 6.92 Å². The molecule has 1 N–H and O–H groups in total. The fourth-order valence-electron chi connectivity index (χ4n) is 1.15. The van der Waals surface area contributed by atoms with Crippen LogP contribution in [0, 0.1) is 0 Å². The summed E-state index contributed by atoms with van der Waals surface area (Å²) in [6, 6.07) is 0. The standard InChI is InChI=1S/C9H16O2S3/c1-2-9(10,13-4-7-3-11-7)14-8-5-12-6-8/h7-8,10H,2-6H2,1H3. The molecular weight excluding hydrogens is 236 g/mol. The summed E-state index contributed by atoms with van der Waals surface area (Å²) in [7, 11) is 0. The van der Waals surface area contributed by atoms with Crippen LogP contribution < -0.4 is 0 Å². The van der Waals surface area contributed by atoms with E-state index in [0.717, 1.165) is 18.8 Å². The molecule has 5 heteroatoms. The van der Waals surface area contributed by atoms with Crippen LogP contribution >= 0.6 is 35.3 Å². The van der Waals surface area contributed by atoms with Gasteiger partial charge in [0.05, 0.1) is 12.7 Å². The summed E-state index contributed by atoms with van der Waals surface area (Å²) in [5.41, 5.74) is 0. The van der Waals surface area contributed by atoms with Crippen molar-refractivity contribution < 1.29 is 9.84 Å². The summed E-state index contributed by atoms with van der Waals surface area (Å²) < 4.78 is 4.58. The third-order valence-electron chi connectivity index (χ3n) is 2.30. The highest BCUT2D eigenvalue weighted by molar-refractivity contribution is 8.19. The van der Waals surface area contributed by atoms with Crippen LogP contribution in [0.1, 0.15) is 13.3 Å². The first-order chi connectivity index (χ1) is 6.72. The van der Waals surface area contributed by atoms with Gasteiger partial charge in [-0.15, -0.1) is 23.5 Å². The number of hydrogen-bond acceptors (Lipinski definition) is 5. The van der Waals surface area contributed by atoms with Gasteiger partial charge >= 0.3 is 0 Å². The van der Waals surface area contributed by atoms with E-state index >= 15 is 0 Å². The first kappa shape index (κ1) is 11.5. The van der Waals surface area contributed by atoms with Crippen molar-refractivity contribution in [3.63, 3.8) is 0 Å². The van der Waals surface area contributed by atoms with Crippen molar-refractivity contribution >= 4 is 35.3 Å². The summed E-state index contributed by atoms with van der Waals surface area (Å²) in [5.74, 6) is 3.35. The van der Waals surface area contributed by atoms with Gasteiger partial charge in [-0.05, 0) is 6.42 Å². The van der Waals surface area contributed by atoms with Crippen LogP contribution in [0.15, 0.2) is 0 Å². The van der Waals surface area contributed by atoms with Gasteiger partial charge in [0.25, 0.3) is 0 Å². The highest BCUT2D eigenvalue weighted by Gasteiger charge is 2.35. The lowest BCUT2D eigenvalue weighted by Crippen LogP contribution is -2.30. The molecule has 2 nitrogen and oxygen atoms in total. The predicted molar refractivity (Wildman–Crippen MR) is 66.1 cm³/mol. The summed E-state index contributed by atoms with van der Waals surface area (Å²) in [4.78, 5) is 0. The van der Waals surface area contributed by atoms with Crippen molar-refractivity contribution in [2.24, 2.45) is 0 Å². The molecule has 2 aliphatic heterocycles. The van der Waals surface area contributed by atoms with Crippen LogP contribution in [0.5, 0.6) is 0 Å². The molecule has 0 aliphatic carbocycles. The Hall–Kier alpha value is 0.970. The van der Waals surface area contributed by atoms with Crippen molar-refractivity contribution in [1.82, 2.24) is 0 Å². The van der Waals surface area contributed by atoms with E-state index in [-0.39, 0.29) is 0 Å². The number of aliphatic hydroxyl groups is 1. The second kappa shape index (κ2) is 4.87. The topological polar surface area (TPSA) is 32.8 Å². The van der Waals surface area contributed by atoms with Gasteiger partial charge in [-0.2, -0.15) is 11.8 Å². The minimum Gasteiger partial charge on any atom is -0.372 e. The predicted octanol–water partition coefficient (Wildman–Crippen LogP) is 2.02. The minimum absolute atomic E-state index is 0.412. The summed E-state index contributed by atoms with van der Waals surface area (Å²) in [5, 5.41) is 11.0. The van der Waals surface area contributed by atoms with Gasteiger partial charge in [0, 0.05) is 22.5 Å². The molecule has 82 valence electrons. The van der Waals surface area contributed by atoms with E-state index in [4.69, 9.17) is 4.74 Å². The summed E-state index contributed by atoms with van der Waals surface area (Å²) in [6.45, 7) is 2.94. The second-order valence-electron chi connectivity index (χ2n) is 3.61. The lowest BCUT2D eigenvalue weighted by atomic mass is 10.5.